The molecule has 7 rings (SSSR count). The van der Waals surface area contributed by atoms with Gasteiger partial charge in [-0.25, -0.2) is 4.79 Å². The third-order valence-electron chi connectivity index (χ3n) is 8.87. The molecule has 0 saturated carbocycles. The van der Waals surface area contributed by atoms with Gasteiger partial charge >= 0.3 is 5.97 Å². The van der Waals surface area contributed by atoms with Crippen LogP contribution in [0.15, 0.2) is 138 Å². The van der Waals surface area contributed by atoms with E-state index in [4.69, 9.17) is 44.3 Å². The SMILES string of the molecule is O=C(Cc1cccs1)NC1C(=O)N2C(C(=O)OC(c3ccccc3)c3ccccc3)=C(/C=C/COc3ccc(Cl)cc3C(=O)Nc3ccc(Cl)c(Cl)c3)CS[C@@H]12. The molecule has 2 aliphatic heterocycles. The first-order valence-corrected chi connectivity index (χ1v) is 20.4. The summed E-state index contributed by atoms with van der Waals surface area (Å²) in [6.45, 7) is 0.000608. The Morgan fingerprint density at radius 2 is 1.61 bits per heavy atom. The third kappa shape index (κ3) is 8.98. The first-order valence-electron chi connectivity index (χ1n) is 17.3. The zero-order chi connectivity index (χ0) is 39.2. The lowest BCUT2D eigenvalue weighted by atomic mass is 10.0. The van der Waals surface area contributed by atoms with Gasteiger partial charge in [-0.15, -0.1) is 23.1 Å². The molecule has 2 aliphatic rings. The summed E-state index contributed by atoms with van der Waals surface area (Å²) < 4.78 is 12.3. The molecule has 0 radical (unpaired) electrons. The van der Waals surface area contributed by atoms with Crippen molar-refractivity contribution in [3.8, 4) is 5.75 Å². The number of hydrogen-bond donors (Lipinski definition) is 2. The Balaban J connectivity index is 1.13. The Morgan fingerprint density at radius 1 is 0.875 bits per heavy atom. The van der Waals surface area contributed by atoms with Gasteiger partial charge in [0.05, 0.1) is 22.0 Å². The van der Waals surface area contributed by atoms with E-state index in [1.165, 1.54) is 40.1 Å². The van der Waals surface area contributed by atoms with Crippen LogP contribution in [0.2, 0.25) is 15.1 Å². The highest BCUT2D eigenvalue weighted by molar-refractivity contribution is 8.00. The molecule has 3 heterocycles. The van der Waals surface area contributed by atoms with Crippen LogP contribution in [-0.4, -0.2) is 52.4 Å². The van der Waals surface area contributed by atoms with E-state index in [1.807, 2.05) is 78.2 Å². The van der Waals surface area contributed by atoms with Crippen LogP contribution in [0, 0.1) is 0 Å². The molecule has 2 N–H and O–H groups in total. The van der Waals surface area contributed by atoms with Crippen molar-refractivity contribution in [3.05, 3.63) is 175 Å². The minimum absolute atomic E-state index is 0.000608. The number of nitrogens with zero attached hydrogens (tertiary/aromatic N) is 1. The molecule has 1 fully saturated rings. The van der Waals surface area contributed by atoms with E-state index in [9.17, 15) is 19.2 Å². The standard InChI is InChI=1S/C42H32Cl3N3O6S2/c43-28-15-18-34(31(21-28)39(50)46-29-16-17-32(44)33(45)22-29)53-19-7-13-27-24-56-41-36(47-35(49)23-30-14-8-20-55-30)40(51)48(41)37(27)42(52)54-38(25-9-3-1-4-10-25)26-11-5-2-6-12-26/h1-18,20-22,36,38,41H,19,23-24H2,(H,46,50)(H,47,49)/b13-7+/t36?,41-/m0/s1. The van der Waals surface area contributed by atoms with Gasteiger partial charge in [0.15, 0.2) is 6.10 Å². The normalized spacial score (nSPS) is 16.4. The maximum Gasteiger partial charge on any atom is 0.356 e. The molecule has 1 unspecified atom stereocenters. The smallest absolute Gasteiger partial charge is 0.356 e. The number of rotatable bonds is 13. The minimum Gasteiger partial charge on any atom is -0.489 e. The van der Waals surface area contributed by atoms with Gasteiger partial charge in [0.25, 0.3) is 11.8 Å². The minimum atomic E-state index is -0.804. The van der Waals surface area contributed by atoms with E-state index in [0.29, 0.717) is 27.1 Å². The summed E-state index contributed by atoms with van der Waals surface area (Å²) in [5.41, 5.74) is 2.75. The molecule has 0 spiro atoms. The molecule has 1 aromatic heterocycles. The van der Waals surface area contributed by atoms with E-state index in [0.717, 1.165) is 16.0 Å². The predicted octanol–water partition coefficient (Wildman–Crippen LogP) is 9.13. The van der Waals surface area contributed by atoms with Crippen molar-refractivity contribution >= 4 is 87.3 Å². The van der Waals surface area contributed by atoms with Crippen LogP contribution >= 0.6 is 57.9 Å². The van der Waals surface area contributed by atoms with E-state index >= 15 is 0 Å². The molecular weight excluding hydrogens is 813 g/mol. The Morgan fingerprint density at radius 3 is 2.29 bits per heavy atom. The number of thiophene rings is 1. The molecule has 0 aliphatic carbocycles. The zero-order valence-corrected chi connectivity index (χ0v) is 33.2. The second-order valence-electron chi connectivity index (χ2n) is 12.6. The number of benzene rings is 4. The fraction of sp³-hybridized carbons (Fsp3) is 0.143. The topological polar surface area (TPSA) is 114 Å². The van der Waals surface area contributed by atoms with Gasteiger partial charge in [-0.2, -0.15) is 0 Å². The fourth-order valence-electron chi connectivity index (χ4n) is 6.21. The summed E-state index contributed by atoms with van der Waals surface area (Å²) >= 11 is 21.3. The molecule has 1 saturated heterocycles. The number of thioether (sulfide) groups is 1. The number of anilines is 1. The van der Waals surface area contributed by atoms with Gasteiger partial charge in [0.2, 0.25) is 5.91 Å². The van der Waals surface area contributed by atoms with E-state index in [1.54, 1.807) is 36.4 Å². The highest BCUT2D eigenvalue weighted by atomic mass is 35.5. The second-order valence-corrected chi connectivity index (χ2v) is 16.0. The number of esters is 1. The lowest BCUT2D eigenvalue weighted by Gasteiger charge is -2.49. The third-order valence-corrected chi connectivity index (χ3v) is 12.0. The van der Waals surface area contributed by atoms with Crippen LogP contribution in [0.25, 0.3) is 0 Å². The van der Waals surface area contributed by atoms with Gasteiger partial charge in [-0.3, -0.25) is 19.3 Å². The number of halogens is 3. The number of fused-ring (bicyclic) bond motifs is 1. The van der Waals surface area contributed by atoms with Gasteiger partial charge in [0, 0.05) is 21.3 Å². The van der Waals surface area contributed by atoms with Crippen molar-refractivity contribution < 1.29 is 28.7 Å². The van der Waals surface area contributed by atoms with E-state index in [-0.39, 0.29) is 41.0 Å². The van der Waals surface area contributed by atoms with Gasteiger partial charge < -0.3 is 20.1 Å². The average molecular weight is 845 g/mol. The number of β-lactam (4-membered cyclic amide) rings is 1. The second kappa shape index (κ2) is 17.8. The van der Waals surface area contributed by atoms with Crippen LogP contribution in [0.1, 0.15) is 32.5 Å². The van der Waals surface area contributed by atoms with Gasteiger partial charge in [-0.05, 0) is 70.6 Å². The van der Waals surface area contributed by atoms with Crippen LogP contribution in [-0.2, 0) is 25.5 Å². The molecule has 56 heavy (non-hydrogen) atoms. The molecule has 14 heteroatoms. The molecule has 5 aromatic rings. The summed E-state index contributed by atoms with van der Waals surface area (Å²) in [7, 11) is 0. The predicted molar refractivity (Wildman–Crippen MR) is 221 cm³/mol. The molecular formula is C42H32Cl3N3O6S2. The van der Waals surface area contributed by atoms with Crippen LogP contribution in [0.4, 0.5) is 5.69 Å². The zero-order valence-electron chi connectivity index (χ0n) is 29.3. The average Bonchev–Trinajstić information content (AvgIpc) is 3.72. The Hall–Kier alpha value is -5.04. The Labute approximate surface area is 346 Å². The summed E-state index contributed by atoms with van der Waals surface area (Å²) in [6, 6.07) is 31.1. The highest BCUT2D eigenvalue weighted by Crippen LogP contribution is 2.42. The first kappa shape index (κ1) is 39.2. The number of amides is 3. The molecule has 9 nitrogen and oxygen atoms in total. The lowest BCUT2D eigenvalue weighted by molar-refractivity contribution is -0.154. The number of carbonyl (C=O) groups excluding carboxylic acids is 4. The van der Waals surface area contributed by atoms with Crippen molar-refractivity contribution in [1.82, 2.24) is 10.2 Å². The molecule has 2 atom stereocenters. The monoisotopic (exact) mass is 843 g/mol. The molecule has 284 valence electrons. The first-order chi connectivity index (χ1) is 27.2. The maximum absolute atomic E-state index is 14.3. The van der Waals surface area contributed by atoms with Crippen LogP contribution in [0.3, 0.4) is 0 Å². The molecule has 3 amide bonds. The number of hydrogen-bond acceptors (Lipinski definition) is 8. The molecule has 0 bridgehead atoms. The quantitative estimate of drug-likeness (QED) is 0.0898. The van der Waals surface area contributed by atoms with E-state index < -0.39 is 35.3 Å². The van der Waals surface area contributed by atoms with Crippen molar-refractivity contribution in [1.29, 1.82) is 0 Å². The summed E-state index contributed by atoms with van der Waals surface area (Å²) in [5.74, 6) is -1.26. The van der Waals surface area contributed by atoms with Crippen molar-refractivity contribution in [3.63, 3.8) is 0 Å². The number of allylic oxidation sites excluding steroid dienone is 1. The highest BCUT2D eigenvalue weighted by Gasteiger charge is 2.54. The summed E-state index contributed by atoms with van der Waals surface area (Å²) in [6.07, 6.45) is 2.80. The summed E-state index contributed by atoms with van der Waals surface area (Å²) in [4.78, 5) is 56.6. The van der Waals surface area contributed by atoms with Crippen LogP contribution in [0.5, 0.6) is 5.75 Å². The lowest BCUT2D eigenvalue weighted by Crippen LogP contribution is -2.70. The fourth-order valence-corrected chi connectivity index (χ4v) is 8.70. The number of carbonyl (C=O) groups is 4. The Bertz CT molecular complexity index is 2280. The van der Waals surface area contributed by atoms with Crippen molar-refractivity contribution in [2.75, 3.05) is 17.7 Å². The maximum atomic E-state index is 14.3. The Kier molecular flexibility index (Phi) is 12.5. The van der Waals surface area contributed by atoms with Crippen LogP contribution < -0.4 is 15.4 Å². The number of nitrogens with one attached hydrogen (secondary N) is 2. The van der Waals surface area contributed by atoms with Crippen molar-refractivity contribution in [2.45, 2.75) is 23.9 Å². The van der Waals surface area contributed by atoms with Gasteiger partial charge in [0.1, 0.15) is 29.5 Å². The number of ether oxygens (including phenoxy) is 2. The summed E-state index contributed by atoms with van der Waals surface area (Å²) in [5, 5.41) is 7.99. The van der Waals surface area contributed by atoms with Crippen molar-refractivity contribution in [2.24, 2.45) is 0 Å². The van der Waals surface area contributed by atoms with E-state index in [2.05, 4.69) is 10.6 Å². The van der Waals surface area contributed by atoms with Gasteiger partial charge in [-0.1, -0.05) is 108 Å². The largest absolute Gasteiger partial charge is 0.489 e. The molecule has 4 aromatic carbocycles.